The van der Waals surface area contributed by atoms with E-state index in [1.54, 1.807) is 12.1 Å². The number of ether oxygens (including phenoxy) is 1. The van der Waals surface area contributed by atoms with Crippen molar-refractivity contribution < 1.29 is 33.5 Å². The number of nitrogens with one attached hydrogen (secondary N) is 2. The van der Waals surface area contributed by atoms with Gasteiger partial charge in [0.15, 0.2) is 0 Å². The number of nitrogens with two attached hydrogens (primary N) is 1. The SMILES string of the molecule is NC(=O)c1c(-c2ccc(Oc3ccccc3)cc2)nn2c1NCC[C@H]2C1CCN(CC2CCN(C(=O)N3CCC(N4CCN(c5ccc6c(c5)C(=O)N(C5CCC(=O)NC5=O)C6=O)CC4)CC3)CC2)CC1. The third kappa shape index (κ3) is 9.34. The van der Waals surface area contributed by atoms with Gasteiger partial charge in [0.25, 0.3) is 17.7 Å². The Balaban J connectivity index is 0.613. The van der Waals surface area contributed by atoms with Crippen molar-refractivity contribution in [2.45, 2.75) is 75.9 Å². The first-order chi connectivity index (χ1) is 34.6. The molecule has 2 atom stereocenters. The van der Waals surface area contributed by atoms with Crippen molar-refractivity contribution in [3.8, 4) is 22.8 Å². The molecule has 5 fully saturated rings. The number of fused-ring (bicyclic) bond motifs is 2. The van der Waals surface area contributed by atoms with Gasteiger partial charge in [0, 0.05) is 89.2 Å². The number of hydrogen-bond donors (Lipinski definition) is 3. The number of likely N-dealkylation sites (tertiary alicyclic amines) is 3. The summed E-state index contributed by atoms with van der Waals surface area (Å²) in [5, 5.41) is 10.8. The number of piperidine rings is 4. The van der Waals surface area contributed by atoms with E-state index in [0.29, 0.717) is 40.4 Å². The van der Waals surface area contributed by atoms with Crippen LogP contribution in [-0.2, 0) is 9.59 Å². The molecule has 8 heterocycles. The molecule has 7 amide bonds. The minimum absolute atomic E-state index is 0.0864. The molecule has 1 aromatic heterocycles. The van der Waals surface area contributed by atoms with E-state index in [0.717, 1.165) is 151 Å². The molecule has 18 nitrogen and oxygen atoms in total. The summed E-state index contributed by atoms with van der Waals surface area (Å²) in [4.78, 5) is 90.0. The Bertz CT molecular complexity index is 2680. The van der Waals surface area contributed by atoms with Crippen LogP contribution in [-0.4, -0.2) is 160 Å². The summed E-state index contributed by atoms with van der Waals surface area (Å²) < 4.78 is 8.04. The third-order valence-electron chi connectivity index (χ3n) is 16.2. The fraction of sp³-hybridized carbons (Fsp3) is 0.491. The van der Waals surface area contributed by atoms with E-state index < -0.39 is 35.6 Å². The Morgan fingerprint density at radius 3 is 2.07 bits per heavy atom. The number of aromatic nitrogens is 2. The standard InChI is InChI=1S/C53H63N11O7/c54-48(66)46-47(36-6-9-40(10-7-36)71-39-4-2-1-3-5-39)57-64-43(14-21-55-49(46)64)35-17-22-58(23-18-35)33-34-15-24-61(25-16-34)53(70)62-26-19-37(20-27-62)59-28-30-60(31-29-59)38-8-11-41-42(32-38)52(69)63(51(41)68)44-12-13-45(65)56-50(44)67/h1-11,32,34-35,37,43-44,55H,12-31,33H2,(H2,54,66)(H,56,65,67)/t43-,44?/m0/s1. The van der Waals surface area contributed by atoms with Crippen molar-refractivity contribution in [1.82, 2.24) is 39.6 Å². The highest BCUT2D eigenvalue weighted by molar-refractivity contribution is 6.23. The van der Waals surface area contributed by atoms with Crippen LogP contribution < -0.4 is 26.0 Å². The zero-order valence-corrected chi connectivity index (χ0v) is 40.2. The lowest BCUT2D eigenvalue weighted by Gasteiger charge is -2.44. The number of urea groups is 1. The molecule has 71 heavy (non-hydrogen) atoms. The summed E-state index contributed by atoms with van der Waals surface area (Å²) in [6.45, 7) is 10.2. The molecule has 4 aromatic rings. The molecule has 0 radical (unpaired) electrons. The molecule has 0 aliphatic carbocycles. The van der Waals surface area contributed by atoms with Crippen LogP contribution in [0.15, 0.2) is 72.8 Å². The molecule has 7 aliphatic heterocycles. The first-order valence-electron chi connectivity index (χ1n) is 25.7. The lowest BCUT2D eigenvalue weighted by molar-refractivity contribution is -0.136. The number of amides is 7. The molecule has 7 aliphatic rings. The predicted octanol–water partition coefficient (Wildman–Crippen LogP) is 5.03. The number of rotatable bonds is 10. The smallest absolute Gasteiger partial charge is 0.319 e. The maximum Gasteiger partial charge on any atom is 0.319 e. The third-order valence-corrected chi connectivity index (χ3v) is 16.2. The molecule has 372 valence electrons. The van der Waals surface area contributed by atoms with E-state index in [-0.39, 0.29) is 30.5 Å². The molecular formula is C53H63N11O7. The van der Waals surface area contributed by atoms with E-state index in [1.165, 1.54) is 0 Å². The summed E-state index contributed by atoms with van der Waals surface area (Å²) in [6.07, 6.45) is 7.19. The van der Waals surface area contributed by atoms with Gasteiger partial charge in [0.1, 0.15) is 34.6 Å². The lowest BCUT2D eigenvalue weighted by atomic mass is 9.86. The number of anilines is 2. The van der Waals surface area contributed by atoms with Crippen LogP contribution in [0.1, 0.15) is 94.9 Å². The molecule has 0 saturated carbocycles. The Labute approximate surface area is 413 Å². The topological polar surface area (TPSA) is 199 Å². The van der Waals surface area contributed by atoms with E-state index >= 15 is 0 Å². The zero-order valence-electron chi connectivity index (χ0n) is 40.2. The summed E-state index contributed by atoms with van der Waals surface area (Å²) in [5.74, 6) is 0.694. The highest BCUT2D eigenvalue weighted by Crippen LogP contribution is 2.41. The van der Waals surface area contributed by atoms with Crippen LogP contribution in [0.4, 0.5) is 16.3 Å². The van der Waals surface area contributed by atoms with Crippen molar-refractivity contribution in [2.75, 3.05) is 88.8 Å². The van der Waals surface area contributed by atoms with Gasteiger partial charge in [0.2, 0.25) is 11.8 Å². The largest absolute Gasteiger partial charge is 0.457 e. The van der Waals surface area contributed by atoms with Gasteiger partial charge in [-0.25, -0.2) is 9.48 Å². The van der Waals surface area contributed by atoms with Crippen molar-refractivity contribution in [3.63, 3.8) is 0 Å². The highest BCUT2D eigenvalue weighted by atomic mass is 16.5. The minimum atomic E-state index is -0.982. The Hall–Kier alpha value is -6.79. The highest BCUT2D eigenvalue weighted by Gasteiger charge is 2.45. The van der Waals surface area contributed by atoms with Gasteiger partial charge in [-0.2, -0.15) is 5.10 Å². The number of carbonyl (C=O) groups excluding carboxylic acids is 6. The molecule has 1 unspecified atom stereocenters. The van der Waals surface area contributed by atoms with Gasteiger partial charge < -0.3 is 35.4 Å². The van der Waals surface area contributed by atoms with Crippen molar-refractivity contribution in [3.05, 3.63) is 89.5 Å². The summed E-state index contributed by atoms with van der Waals surface area (Å²) in [6, 6.07) is 22.4. The molecule has 11 rings (SSSR count). The second kappa shape index (κ2) is 19.8. The van der Waals surface area contributed by atoms with E-state index in [2.05, 4.69) is 35.1 Å². The molecule has 4 N–H and O–H groups in total. The summed E-state index contributed by atoms with van der Waals surface area (Å²) in [5.41, 5.74) is 9.32. The molecule has 0 spiro atoms. The second-order valence-corrected chi connectivity index (χ2v) is 20.4. The van der Waals surface area contributed by atoms with Gasteiger partial charge >= 0.3 is 6.03 Å². The monoisotopic (exact) mass is 965 g/mol. The average molecular weight is 966 g/mol. The number of imide groups is 2. The minimum Gasteiger partial charge on any atom is -0.457 e. The first-order valence-corrected chi connectivity index (χ1v) is 25.7. The zero-order chi connectivity index (χ0) is 48.8. The maximum atomic E-state index is 13.8. The van der Waals surface area contributed by atoms with Gasteiger partial charge in [-0.1, -0.05) is 18.2 Å². The van der Waals surface area contributed by atoms with Crippen LogP contribution in [0, 0.1) is 11.8 Å². The quantitative estimate of drug-likeness (QED) is 0.180. The van der Waals surface area contributed by atoms with Gasteiger partial charge in [0.05, 0.1) is 17.2 Å². The normalized spacial score (nSPS) is 23.1. The number of carbonyl (C=O) groups is 6. The fourth-order valence-electron chi connectivity index (χ4n) is 12.3. The molecule has 3 aromatic carbocycles. The predicted molar refractivity (Wildman–Crippen MR) is 265 cm³/mol. The van der Waals surface area contributed by atoms with Gasteiger partial charge in [-0.3, -0.25) is 39.1 Å². The maximum absolute atomic E-state index is 13.8. The van der Waals surface area contributed by atoms with Crippen LogP contribution in [0.25, 0.3) is 11.3 Å². The van der Waals surface area contributed by atoms with Gasteiger partial charge in [-0.05, 0) is 131 Å². The van der Waals surface area contributed by atoms with Crippen molar-refractivity contribution in [2.24, 2.45) is 17.6 Å². The molecular weight excluding hydrogens is 903 g/mol. The molecule has 18 heteroatoms. The average Bonchev–Trinajstić information content (AvgIpc) is 3.91. The number of primary amides is 1. The Kier molecular flexibility index (Phi) is 13.0. The summed E-state index contributed by atoms with van der Waals surface area (Å²) >= 11 is 0. The van der Waals surface area contributed by atoms with Crippen molar-refractivity contribution in [1.29, 1.82) is 0 Å². The molecule has 0 bridgehead atoms. The lowest BCUT2D eigenvalue weighted by Crippen LogP contribution is -2.55. The Morgan fingerprint density at radius 2 is 1.38 bits per heavy atom. The fourth-order valence-corrected chi connectivity index (χ4v) is 12.3. The summed E-state index contributed by atoms with van der Waals surface area (Å²) in [7, 11) is 0. The van der Waals surface area contributed by atoms with E-state index in [9.17, 15) is 28.8 Å². The van der Waals surface area contributed by atoms with E-state index in [1.807, 2.05) is 65.3 Å². The van der Waals surface area contributed by atoms with Crippen molar-refractivity contribution >= 4 is 47.1 Å². The Morgan fingerprint density at radius 1 is 0.704 bits per heavy atom. The van der Waals surface area contributed by atoms with Crippen LogP contribution in [0.2, 0.25) is 0 Å². The second-order valence-electron chi connectivity index (χ2n) is 20.4. The number of benzene rings is 3. The van der Waals surface area contributed by atoms with Crippen LogP contribution in [0.3, 0.4) is 0 Å². The number of nitrogens with zero attached hydrogens (tertiary/aromatic N) is 8. The number of piperazine rings is 1. The van der Waals surface area contributed by atoms with Gasteiger partial charge in [-0.15, -0.1) is 0 Å². The van der Waals surface area contributed by atoms with Crippen LogP contribution >= 0.6 is 0 Å². The first kappa shape index (κ1) is 46.6. The molecule has 5 saturated heterocycles. The number of hydrogen-bond acceptors (Lipinski definition) is 12. The number of para-hydroxylation sites is 1. The van der Waals surface area contributed by atoms with Crippen LogP contribution in [0.5, 0.6) is 11.5 Å². The van der Waals surface area contributed by atoms with E-state index in [4.69, 9.17) is 15.6 Å².